The van der Waals surface area contributed by atoms with E-state index in [0.717, 1.165) is 5.75 Å². The smallest absolute Gasteiger partial charge is 0.265 e. The van der Waals surface area contributed by atoms with E-state index in [2.05, 4.69) is 5.32 Å². The Morgan fingerprint density at radius 2 is 1.66 bits per heavy atom. The summed E-state index contributed by atoms with van der Waals surface area (Å²) in [6.45, 7) is 1.64. The number of anilines is 1. The molecule has 0 aliphatic carbocycles. The summed E-state index contributed by atoms with van der Waals surface area (Å²) in [5, 5.41) is 11.8. The zero-order valence-corrected chi connectivity index (χ0v) is 16.1. The first-order valence-corrected chi connectivity index (χ1v) is 8.97. The zero-order valence-electron chi connectivity index (χ0n) is 16.1. The van der Waals surface area contributed by atoms with Crippen molar-refractivity contribution in [3.63, 3.8) is 0 Å². The number of nitrogens with zero attached hydrogens (tertiary/aromatic N) is 1. The van der Waals surface area contributed by atoms with Gasteiger partial charge in [0.15, 0.2) is 17.6 Å². The van der Waals surface area contributed by atoms with E-state index >= 15 is 0 Å². The van der Waals surface area contributed by atoms with Gasteiger partial charge in [0.1, 0.15) is 11.5 Å². The number of nitrogens with one attached hydrogen (secondary N) is 1. The van der Waals surface area contributed by atoms with E-state index in [9.17, 15) is 4.79 Å². The summed E-state index contributed by atoms with van der Waals surface area (Å²) in [6, 6.07) is 23.3. The van der Waals surface area contributed by atoms with Crippen molar-refractivity contribution in [3.05, 3.63) is 78.4 Å². The molecule has 6 nitrogen and oxygen atoms in total. The molecular weight excluding hydrogens is 368 g/mol. The van der Waals surface area contributed by atoms with Gasteiger partial charge in [-0.15, -0.1) is 0 Å². The van der Waals surface area contributed by atoms with Gasteiger partial charge in [0, 0.05) is 11.8 Å². The molecule has 0 spiro atoms. The number of para-hydroxylation sites is 1. The molecule has 0 fully saturated rings. The van der Waals surface area contributed by atoms with Crippen molar-refractivity contribution in [2.45, 2.75) is 13.0 Å². The van der Waals surface area contributed by atoms with Crippen LogP contribution in [0.15, 0.2) is 72.8 Å². The summed E-state index contributed by atoms with van der Waals surface area (Å²) in [5.41, 5.74) is 1.07. The Morgan fingerprint density at radius 3 is 2.31 bits per heavy atom. The minimum atomic E-state index is -0.767. The van der Waals surface area contributed by atoms with E-state index in [-0.39, 0.29) is 5.91 Å². The molecule has 3 rings (SSSR count). The van der Waals surface area contributed by atoms with Crippen molar-refractivity contribution in [1.29, 1.82) is 5.26 Å². The second-order valence-electron chi connectivity index (χ2n) is 6.17. The van der Waals surface area contributed by atoms with E-state index < -0.39 is 6.10 Å². The van der Waals surface area contributed by atoms with Crippen LogP contribution in [0, 0.1) is 11.3 Å². The van der Waals surface area contributed by atoms with Crippen molar-refractivity contribution in [2.75, 3.05) is 12.4 Å². The molecule has 0 aromatic heterocycles. The van der Waals surface area contributed by atoms with Gasteiger partial charge in [-0.25, -0.2) is 0 Å². The van der Waals surface area contributed by atoms with Crippen LogP contribution in [-0.2, 0) is 4.79 Å². The fourth-order valence-electron chi connectivity index (χ4n) is 2.55. The highest BCUT2D eigenvalue weighted by Gasteiger charge is 2.17. The molecule has 6 heteroatoms. The molecule has 0 saturated carbocycles. The number of amides is 1. The van der Waals surface area contributed by atoms with Crippen LogP contribution in [0.5, 0.6) is 23.0 Å². The Labute approximate surface area is 169 Å². The topological polar surface area (TPSA) is 80.6 Å². The second-order valence-corrected chi connectivity index (χ2v) is 6.17. The average Bonchev–Trinajstić information content (AvgIpc) is 2.76. The minimum Gasteiger partial charge on any atom is -0.493 e. The molecule has 0 heterocycles. The number of hydrogen-bond acceptors (Lipinski definition) is 5. The molecule has 1 amide bonds. The first-order valence-electron chi connectivity index (χ1n) is 8.97. The Hall–Kier alpha value is -3.98. The molecule has 1 atom stereocenters. The van der Waals surface area contributed by atoms with Crippen LogP contribution >= 0.6 is 0 Å². The Balaban J connectivity index is 1.60. The largest absolute Gasteiger partial charge is 0.493 e. The summed E-state index contributed by atoms with van der Waals surface area (Å²) in [5.74, 6) is 1.88. The first-order chi connectivity index (χ1) is 14.1. The molecule has 0 aliphatic rings. The van der Waals surface area contributed by atoms with Crippen molar-refractivity contribution >= 4 is 11.6 Å². The van der Waals surface area contributed by atoms with Crippen molar-refractivity contribution < 1.29 is 19.0 Å². The van der Waals surface area contributed by atoms with Gasteiger partial charge < -0.3 is 19.5 Å². The SMILES string of the molecule is COc1cc(C#N)ccc1OC(C)C(=O)Nc1ccc(Oc2ccccc2)cc1. The van der Waals surface area contributed by atoms with Gasteiger partial charge in [-0.1, -0.05) is 18.2 Å². The lowest BCUT2D eigenvalue weighted by atomic mass is 10.2. The average molecular weight is 388 g/mol. The van der Waals surface area contributed by atoms with Crippen molar-refractivity contribution in [2.24, 2.45) is 0 Å². The quantitative estimate of drug-likeness (QED) is 0.631. The van der Waals surface area contributed by atoms with Crippen LogP contribution < -0.4 is 19.5 Å². The summed E-state index contributed by atoms with van der Waals surface area (Å²) in [7, 11) is 1.48. The number of hydrogen-bond donors (Lipinski definition) is 1. The van der Waals surface area contributed by atoms with E-state index in [0.29, 0.717) is 28.5 Å². The van der Waals surface area contributed by atoms with E-state index in [1.54, 1.807) is 49.4 Å². The van der Waals surface area contributed by atoms with E-state index in [4.69, 9.17) is 19.5 Å². The number of carbonyl (C=O) groups excluding carboxylic acids is 1. The highest BCUT2D eigenvalue weighted by molar-refractivity contribution is 5.94. The molecule has 0 saturated heterocycles. The first kappa shape index (κ1) is 19.8. The molecule has 0 aliphatic heterocycles. The van der Waals surface area contributed by atoms with Crippen LogP contribution in [0.3, 0.4) is 0 Å². The van der Waals surface area contributed by atoms with Gasteiger partial charge in [0.25, 0.3) is 5.91 Å². The minimum absolute atomic E-state index is 0.312. The molecule has 0 bridgehead atoms. The van der Waals surface area contributed by atoms with Gasteiger partial charge >= 0.3 is 0 Å². The summed E-state index contributed by atoms with van der Waals surface area (Å²) < 4.78 is 16.7. The Bertz CT molecular complexity index is 1010. The number of carbonyl (C=O) groups is 1. The van der Waals surface area contributed by atoms with Crippen LogP contribution in [0.2, 0.25) is 0 Å². The lowest BCUT2D eigenvalue weighted by Gasteiger charge is -2.17. The van der Waals surface area contributed by atoms with Crippen LogP contribution in [0.1, 0.15) is 12.5 Å². The fraction of sp³-hybridized carbons (Fsp3) is 0.130. The van der Waals surface area contributed by atoms with Crippen LogP contribution in [-0.4, -0.2) is 19.1 Å². The summed E-state index contributed by atoms with van der Waals surface area (Å²) >= 11 is 0. The van der Waals surface area contributed by atoms with Crippen LogP contribution in [0.4, 0.5) is 5.69 Å². The van der Waals surface area contributed by atoms with Gasteiger partial charge in [-0.3, -0.25) is 4.79 Å². The third-order valence-electron chi connectivity index (χ3n) is 4.07. The maximum Gasteiger partial charge on any atom is 0.265 e. The monoisotopic (exact) mass is 388 g/mol. The normalized spacial score (nSPS) is 11.1. The second kappa shape index (κ2) is 9.29. The van der Waals surface area contributed by atoms with Gasteiger partial charge in [-0.2, -0.15) is 5.26 Å². The standard InChI is InChI=1S/C23H20N2O4/c1-16(28-21-13-8-17(15-24)14-22(21)27-2)23(26)25-18-9-11-20(12-10-18)29-19-6-4-3-5-7-19/h3-14,16H,1-2H3,(H,25,26). The Kier molecular flexibility index (Phi) is 6.33. The highest BCUT2D eigenvalue weighted by Crippen LogP contribution is 2.29. The molecule has 1 N–H and O–H groups in total. The predicted octanol–water partition coefficient (Wildman–Crippen LogP) is 4.77. The summed E-state index contributed by atoms with van der Waals surface area (Å²) in [4.78, 5) is 12.5. The number of benzene rings is 3. The fourth-order valence-corrected chi connectivity index (χ4v) is 2.55. The van der Waals surface area contributed by atoms with Gasteiger partial charge in [-0.05, 0) is 55.5 Å². The zero-order chi connectivity index (χ0) is 20.6. The third kappa shape index (κ3) is 5.27. The lowest BCUT2D eigenvalue weighted by Crippen LogP contribution is -2.30. The summed E-state index contributed by atoms with van der Waals surface area (Å²) in [6.07, 6.45) is -0.767. The third-order valence-corrected chi connectivity index (χ3v) is 4.07. The number of ether oxygens (including phenoxy) is 3. The number of methoxy groups -OCH3 is 1. The molecule has 146 valence electrons. The molecule has 29 heavy (non-hydrogen) atoms. The number of rotatable bonds is 7. The van der Waals surface area contributed by atoms with Crippen molar-refractivity contribution in [1.82, 2.24) is 0 Å². The molecule has 3 aromatic rings. The molecule has 0 radical (unpaired) electrons. The van der Waals surface area contributed by atoms with Crippen molar-refractivity contribution in [3.8, 4) is 29.1 Å². The molecule has 3 aromatic carbocycles. The van der Waals surface area contributed by atoms with E-state index in [1.165, 1.54) is 7.11 Å². The maximum atomic E-state index is 12.5. The van der Waals surface area contributed by atoms with Gasteiger partial charge in [0.2, 0.25) is 0 Å². The molecule has 1 unspecified atom stereocenters. The lowest BCUT2D eigenvalue weighted by molar-refractivity contribution is -0.122. The Morgan fingerprint density at radius 1 is 0.966 bits per heavy atom. The molecular formula is C23H20N2O4. The van der Waals surface area contributed by atoms with Gasteiger partial charge in [0.05, 0.1) is 18.7 Å². The predicted molar refractivity (Wildman–Crippen MR) is 109 cm³/mol. The van der Waals surface area contributed by atoms with E-state index in [1.807, 2.05) is 36.4 Å². The highest BCUT2D eigenvalue weighted by atomic mass is 16.5. The number of nitriles is 1. The van der Waals surface area contributed by atoms with Crippen LogP contribution in [0.25, 0.3) is 0 Å². The maximum absolute atomic E-state index is 12.5.